The van der Waals surface area contributed by atoms with Gasteiger partial charge in [-0.2, -0.15) is 5.10 Å². The Morgan fingerprint density at radius 2 is 2.19 bits per heavy atom. The van der Waals surface area contributed by atoms with E-state index in [2.05, 4.69) is 15.2 Å². The molecular weight excluding hydrogens is 230 g/mol. The van der Waals surface area contributed by atoms with E-state index in [-0.39, 0.29) is 5.82 Å². The largest absolute Gasteiger partial charge is 0.475 e. The second-order valence-electron chi connectivity index (χ2n) is 2.98. The number of carbonyl (C=O) groups is 1. The van der Waals surface area contributed by atoms with Crippen molar-refractivity contribution in [1.29, 1.82) is 0 Å². The molecule has 0 bridgehead atoms. The predicted molar refractivity (Wildman–Crippen MR) is 57.2 cm³/mol. The van der Waals surface area contributed by atoms with E-state index in [0.717, 1.165) is 0 Å². The maximum Gasteiger partial charge on any atom is 0.375 e. The van der Waals surface area contributed by atoms with Crippen LogP contribution in [-0.2, 0) is 0 Å². The lowest BCUT2D eigenvalue weighted by Crippen LogP contribution is -2.06. The fourth-order valence-electron chi connectivity index (χ4n) is 1.18. The number of aromatic nitrogens is 3. The number of hydrogen-bond donors (Lipinski definition) is 1. The molecule has 2 aromatic rings. The molecule has 0 saturated carbocycles. The number of aromatic carboxylic acids is 1. The van der Waals surface area contributed by atoms with Gasteiger partial charge in [-0.15, -0.1) is 5.10 Å². The van der Waals surface area contributed by atoms with Gasteiger partial charge in [0, 0.05) is 10.6 Å². The average molecular weight is 236 g/mol. The third-order valence-corrected chi connectivity index (χ3v) is 2.11. The quantitative estimate of drug-likeness (QED) is 0.860. The minimum atomic E-state index is -1.21. The van der Waals surface area contributed by atoms with Gasteiger partial charge in [0.1, 0.15) is 0 Å². The summed E-state index contributed by atoms with van der Waals surface area (Å²) in [6, 6.07) is 6.91. The Labute approximate surface area is 95.7 Å². The molecule has 0 saturated heterocycles. The summed E-state index contributed by atoms with van der Waals surface area (Å²) in [4.78, 5) is 14.5. The number of carboxylic acids is 1. The monoisotopic (exact) mass is 235 g/mol. The van der Waals surface area contributed by atoms with Crippen molar-refractivity contribution in [2.75, 3.05) is 0 Å². The summed E-state index contributed by atoms with van der Waals surface area (Å²) >= 11 is 5.82. The zero-order valence-corrected chi connectivity index (χ0v) is 8.72. The number of carboxylic acid groups (broad SMARTS) is 1. The Bertz CT molecular complexity index is 545. The van der Waals surface area contributed by atoms with Gasteiger partial charge in [-0.25, -0.2) is 9.78 Å². The molecule has 0 unspecified atom stereocenters. The van der Waals surface area contributed by atoms with Crippen molar-refractivity contribution in [1.82, 2.24) is 15.2 Å². The van der Waals surface area contributed by atoms with Gasteiger partial charge in [0.2, 0.25) is 0 Å². The summed E-state index contributed by atoms with van der Waals surface area (Å²) in [5.74, 6) is -1.55. The van der Waals surface area contributed by atoms with Crippen LogP contribution in [-0.4, -0.2) is 26.3 Å². The lowest BCUT2D eigenvalue weighted by Gasteiger charge is -2.00. The highest BCUT2D eigenvalue weighted by molar-refractivity contribution is 6.30. The molecule has 1 aromatic heterocycles. The Hall–Kier alpha value is -2.01. The summed E-state index contributed by atoms with van der Waals surface area (Å²) in [5.41, 5.74) is 1.12. The molecule has 0 spiro atoms. The number of rotatable bonds is 2. The second kappa shape index (κ2) is 4.24. The molecule has 0 aliphatic heterocycles. The molecule has 0 radical (unpaired) electrons. The number of benzene rings is 1. The van der Waals surface area contributed by atoms with Crippen molar-refractivity contribution in [2.45, 2.75) is 0 Å². The van der Waals surface area contributed by atoms with Gasteiger partial charge in [0.05, 0.1) is 11.9 Å². The standard InChI is InChI=1S/C10H6ClN3O2/c11-7-3-1-2-6(4-7)8-5-12-14-9(13-8)10(15)16/h1-5H,(H,15,16). The van der Waals surface area contributed by atoms with Crippen LogP contribution in [0.15, 0.2) is 30.5 Å². The first-order valence-electron chi connectivity index (χ1n) is 4.36. The van der Waals surface area contributed by atoms with Crippen LogP contribution in [0, 0.1) is 0 Å². The molecule has 80 valence electrons. The van der Waals surface area contributed by atoms with E-state index >= 15 is 0 Å². The molecule has 0 fully saturated rings. The van der Waals surface area contributed by atoms with Gasteiger partial charge in [-0.3, -0.25) is 0 Å². The first kappa shape index (κ1) is 10.5. The van der Waals surface area contributed by atoms with E-state index < -0.39 is 5.97 Å². The summed E-state index contributed by atoms with van der Waals surface area (Å²) in [7, 11) is 0. The molecule has 6 heteroatoms. The number of nitrogens with zero attached hydrogens (tertiary/aromatic N) is 3. The maximum absolute atomic E-state index is 10.7. The zero-order chi connectivity index (χ0) is 11.5. The third kappa shape index (κ3) is 2.14. The topological polar surface area (TPSA) is 76.0 Å². The lowest BCUT2D eigenvalue weighted by atomic mass is 10.2. The van der Waals surface area contributed by atoms with Crippen LogP contribution in [0.2, 0.25) is 5.02 Å². The molecule has 1 N–H and O–H groups in total. The first-order valence-corrected chi connectivity index (χ1v) is 4.73. The van der Waals surface area contributed by atoms with Crippen LogP contribution in [0.3, 0.4) is 0 Å². The molecule has 0 atom stereocenters. The summed E-state index contributed by atoms with van der Waals surface area (Å²) in [6.07, 6.45) is 1.39. The smallest absolute Gasteiger partial charge is 0.375 e. The molecule has 5 nitrogen and oxygen atoms in total. The SMILES string of the molecule is O=C(O)c1nncc(-c2cccc(Cl)c2)n1. The van der Waals surface area contributed by atoms with E-state index in [1.165, 1.54) is 6.20 Å². The fourth-order valence-corrected chi connectivity index (χ4v) is 1.37. The van der Waals surface area contributed by atoms with E-state index in [0.29, 0.717) is 16.3 Å². The van der Waals surface area contributed by atoms with Gasteiger partial charge in [-0.1, -0.05) is 23.7 Å². The summed E-state index contributed by atoms with van der Waals surface area (Å²) in [6.45, 7) is 0. The first-order chi connectivity index (χ1) is 7.66. The normalized spacial score (nSPS) is 10.1. The van der Waals surface area contributed by atoms with Crippen LogP contribution in [0.25, 0.3) is 11.3 Å². The van der Waals surface area contributed by atoms with Crippen LogP contribution < -0.4 is 0 Å². The minimum Gasteiger partial charge on any atom is -0.475 e. The fraction of sp³-hybridized carbons (Fsp3) is 0. The van der Waals surface area contributed by atoms with Crippen molar-refractivity contribution in [3.05, 3.63) is 41.3 Å². The summed E-state index contributed by atoms with van der Waals surface area (Å²) < 4.78 is 0. The van der Waals surface area contributed by atoms with Gasteiger partial charge in [-0.05, 0) is 12.1 Å². The number of halogens is 1. The van der Waals surface area contributed by atoms with Crippen molar-refractivity contribution in [3.8, 4) is 11.3 Å². The van der Waals surface area contributed by atoms with Gasteiger partial charge >= 0.3 is 5.97 Å². The molecule has 2 rings (SSSR count). The zero-order valence-electron chi connectivity index (χ0n) is 7.96. The third-order valence-electron chi connectivity index (χ3n) is 1.87. The van der Waals surface area contributed by atoms with Gasteiger partial charge in [0.15, 0.2) is 0 Å². The van der Waals surface area contributed by atoms with Crippen molar-refractivity contribution >= 4 is 17.6 Å². The van der Waals surface area contributed by atoms with Crippen molar-refractivity contribution in [3.63, 3.8) is 0 Å². The maximum atomic E-state index is 10.7. The molecule has 16 heavy (non-hydrogen) atoms. The van der Waals surface area contributed by atoms with E-state index in [4.69, 9.17) is 16.7 Å². The molecule has 0 aliphatic rings. The highest BCUT2D eigenvalue weighted by atomic mass is 35.5. The van der Waals surface area contributed by atoms with E-state index in [1.54, 1.807) is 24.3 Å². The van der Waals surface area contributed by atoms with Crippen LogP contribution >= 0.6 is 11.6 Å². The van der Waals surface area contributed by atoms with Gasteiger partial charge < -0.3 is 5.11 Å². The molecule has 0 aliphatic carbocycles. The molecular formula is C10H6ClN3O2. The predicted octanol–water partition coefficient (Wildman–Crippen LogP) is 1.89. The molecule has 0 amide bonds. The van der Waals surface area contributed by atoms with Crippen molar-refractivity contribution in [2.24, 2.45) is 0 Å². The number of hydrogen-bond acceptors (Lipinski definition) is 4. The average Bonchev–Trinajstić information content (AvgIpc) is 2.29. The second-order valence-corrected chi connectivity index (χ2v) is 3.42. The Morgan fingerprint density at radius 1 is 1.38 bits per heavy atom. The lowest BCUT2D eigenvalue weighted by molar-refractivity contribution is 0.0682. The van der Waals surface area contributed by atoms with Crippen molar-refractivity contribution < 1.29 is 9.90 Å². The van der Waals surface area contributed by atoms with Gasteiger partial charge in [0.25, 0.3) is 5.82 Å². The molecule has 1 heterocycles. The van der Waals surface area contributed by atoms with Crippen LogP contribution in [0.4, 0.5) is 0 Å². The molecule has 1 aromatic carbocycles. The van der Waals surface area contributed by atoms with Crippen LogP contribution in [0.5, 0.6) is 0 Å². The minimum absolute atomic E-state index is 0.336. The highest BCUT2D eigenvalue weighted by Crippen LogP contribution is 2.19. The highest BCUT2D eigenvalue weighted by Gasteiger charge is 2.09. The van der Waals surface area contributed by atoms with E-state index in [1.807, 2.05) is 0 Å². The van der Waals surface area contributed by atoms with Crippen LogP contribution in [0.1, 0.15) is 10.6 Å². The Balaban J connectivity index is 2.48. The Morgan fingerprint density at radius 3 is 2.88 bits per heavy atom. The Kier molecular flexibility index (Phi) is 2.78. The summed E-state index contributed by atoms with van der Waals surface area (Å²) in [5, 5.41) is 16.2. The van der Waals surface area contributed by atoms with E-state index in [9.17, 15) is 4.79 Å².